The average molecular weight is 285 g/mol. The molecule has 104 valence electrons. The van der Waals surface area contributed by atoms with Crippen molar-refractivity contribution in [2.24, 2.45) is 0 Å². The molecule has 1 aliphatic rings. The number of carbonyl (C=O) groups is 1. The third-order valence-corrected chi connectivity index (χ3v) is 3.67. The molecule has 0 atom stereocenters. The van der Waals surface area contributed by atoms with Crippen molar-refractivity contribution in [2.75, 3.05) is 6.54 Å². The van der Waals surface area contributed by atoms with E-state index in [9.17, 15) is 9.18 Å². The topological polar surface area (TPSA) is 41.1 Å². The Balaban J connectivity index is 1.71. The predicted molar refractivity (Wildman–Crippen MR) is 73.5 cm³/mol. The molecule has 1 aliphatic carbocycles. The molecule has 0 spiro atoms. The minimum absolute atomic E-state index is 0.0488. The van der Waals surface area contributed by atoms with E-state index in [2.05, 4.69) is 10.6 Å². The van der Waals surface area contributed by atoms with Gasteiger partial charge in [-0.3, -0.25) is 4.79 Å². The number of benzene rings is 1. The molecule has 0 aliphatic heterocycles. The lowest BCUT2D eigenvalue weighted by Crippen LogP contribution is -2.37. The highest BCUT2D eigenvalue weighted by atomic mass is 35.5. The van der Waals surface area contributed by atoms with Crippen LogP contribution in [-0.4, -0.2) is 18.5 Å². The second-order valence-corrected chi connectivity index (χ2v) is 5.29. The van der Waals surface area contributed by atoms with Crippen molar-refractivity contribution in [3.8, 4) is 0 Å². The third kappa shape index (κ3) is 4.48. The van der Waals surface area contributed by atoms with Crippen LogP contribution >= 0.6 is 11.6 Å². The van der Waals surface area contributed by atoms with Crippen LogP contribution in [0.15, 0.2) is 18.2 Å². The number of nitrogens with one attached hydrogen (secondary N) is 2. The van der Waals surface area contributed by atoms with Crippen molar-refractivity contribution in [3.05, 3.63) is 34.6 Å². The lowest BCUT2D eigenvalue weighted by Gasteiger charge is -2.11. The van der Waals surface area contributed by atoms with E-state index in [-0.39, 0.29) is 10.9 Å². The van der Waals surface area contributed by atoms with E-state index in [0.717, 1.165) is 18.4 Å². The fourth-order valence-electron chi connectivity index (χ4n) is 2.28. The molecule has 3 nitrogen and oxygen atoms in total. The summed E-state index contributed by atoms with van der Waals surface area (Å²) in [4.78, 5) is 11.6. The quantitative estimate of drug-likeness (QED) is 0.873. The molecule has 1 saturated carbocycles. The summed E-state index contributed by atoms with van der Waals surface area (Å²) in [5.74, 6) is -0.494. The summed E-state index contributed by atoms with van der Waals surface area (Å²) < 4.78 is 13.0. The van der Waals surface area contributed by atoms with Gasteiger partial charge in [-0.15, -0.1) is 0 Å². The fourth-order valence-corrected chi connectivity index (χ4v) is 2.48. The number of carbonyl (C=O) groups excluding carboxylic acids is 1. The summed E-state index contributed by atoms with van der Waals surface area (Å²) in [7, 11) is 0. The van der Waals surface area contributed by atoms with Crippen LogP contribution in [0.4, 0.5) is 4.39 Å². The van der Waals surface area contributed by atoms with E-state index < -0.39 is 5.82 Å². The van der Waals surface area contributed by atoms with Gasteiger partial charge >= 0.3 is 0 Å². The Morgan fingerprint density at radius 1 is 1.37 bits per heavy atom. The maximum atomic E-state index is 13.0. The second-order valence-electron chi connectivity index (χ2n) is 4.89. The lowest BCUT2D eigenvalue weighted by molar-refractivity contribution is -0.120. The normalized spacial score (nSPS) is 15.7. The van der Waals surface area contributed by atoms with Crippen LogP contribution in [0.3, 0.4) is 0 Å². The molecule has 0 aromatic heterocycles. The van der Waals surface area contributed by atoms with E-state index in [1.807, 2.05) is 0 Å². The molecule has 0 radical (unpaired) electrons. The van der Waals surface area contributed by atoms with Gasteiger partial charge in [0.1, 0.15) is 5.82 Å². The van der Waals surface area contributed by atoms with E-state index in [1.54, 1.807) is 6.07 Å². The van der Waals surface area contributed by atoms with Gasteiger partial charge in [0, 0.05) is 12.6 Å². The van der Waals surface area contributed by atoms with Gasteiger partial charge in [0.15, 0.2) is 0 Å². The first-order chi connectivity index (χ1) is 9.15. The summed E-state index contributed by atoms with van der Waals surface area (Å²) in [5, 5.41) is 6.11. The zero-order valence-electron chi connectivity index (χ0n) is 10.7. The van der Waals surface area contributed by atoms with Crippen molar-refractivity contribution in [3.63, 3.8) is 0 Å². The van der Waals surface area contributed by atoms with Gasteiger partial charge in [0.05, 0.1) is 11.6 Å². The predicted octanol–water partition coefficient (Wildman–Crippen LogP) is 2.63. The van der Waals surface area contributed by atoms with Gasteiger partial charge in [0.25, 0.3) is 0 Å². The summed E-state index contributed by atoms with van der Waals surface area (Å²) in [6.45, 7) is 0.699. The van der Waals surface area contributed by atoms with Crippen LogP contribution in [0.2, 0.25) is 5.02 Å². The Morgan fingerprint density at radius 3 is 2.79 bits per heavy atom. The highest BCUT2D eigenvalue weighted by Crippen LogP contribution is 2.17. The average Bonchev–Trinajstić information content (AvgIpc) is 2.91. The zero-order chi connectivity index (χ0) is 13.7. The van der Waals surface area contributed by atoms with Gasteiger partial charge in [-0.05, 0) is 30.5 Å². The first-order valence-corrected chi connectivity index (χ1v) is 6.97. The number of halogens is 2. The molecular formula is C14H18ClFN2O. The smallest absolute Gasteiger partial charge is 0.234 e. The maximum absolute atomic E-state index is 13.0. The van der Waals surface area contributed by atoms with Crippen LogP contribution in [0.1, 0.15) is 31.2 Å². The molecule has 2 N–H and O–H groups in total. The molecule has 0 unspecified atom stereocenters. The molecule has 5 heteroatoms. The minimum Gasteiger partial charge on any atom is -0.351 e. The summed E-state index contributed by atoms with van der Waals surface area (Å²) in [6.07, 6.45) is 4.79. The first-order valence-electron chi connectivity index (χ1n) is 6.59. The molecular weight excluding hydrogens is 267 g/mol. The van der Waals surface area contributed by atoms with Gasteiger partial charge < -0.3 is 10.6 Å². The number of hydrogen-bond acceptors (Lipinski definition) is 2. The largest absolute Gasteiger partial charge is 0.351 e. The van der Waals surface area contributed by atoms with E-state index in [1.165, 1.54) is 25.0 Å². The Kier molecular flexibility index (Phi) is 5.16. The molecule has 0 saturated heterocycles. The summed E-state index contributed by atoms with van der Waals surface area (Å²) in [5.41, 5.74) is 0.792. The van der Waals surface area contributed by atoms with E-state index in [0.29, 0.717) is 19.1 Å². The number of rotatable bonds is 5. The maximum Gasteiger partial charge on any atom is 0.234 e. The van der Waals surface area contributed by atoms with Crippen LogP contribution < -0.4 is 10.6 Å². The van der Waals surface area contributed by atoms with Gasteiger partial charge in [-0.25, -0.2) is 4.39 Å². The van der Waals surface area contributed by atoms with Crippen molar-refractivity contribution >= 4 is 17.5 Å². The highest BCUT2D eigenvalue weighted by molar-refractivity contribution is 6.30. The second kappa shape index (κ2) is 6.87. The van der Waals surface area contributed by atoms with Crippen molar-refractivity contribution in [2.45, 2.75) is 38.3 Å². The summed E-state index contributed by atoms with van der Waals surface area (Å²) in [6, 6.07) is 4.93. The van der Waals surface area contributed by atoms with Crippen LogP contribution in [0.25, 0.3) is 0 Å². The van der Waals surface area contributed by atoms with Crippen LogP contribution in [0, 0.1) is 5.82 Å². The monoisotopic (exact) mass is 284 g/mol. The zero-order valence-corrected chi connectivity index (χ0v) is 11.5. The minimum atomic E-state index is -0.445. The lowest BCUT2D eigenvalue weighted by atomic mass is 10.2. The number of hydrogen-bond donors (Lipinski definition) is 2. The molecule has 0 bridgehead atoms. The Hall–Kier alpha value is -1.13. The Labute approximate surface area is 117 Å². The molecule has 19 heavy (non-hydrogen) atoms. The summed E-state index contributed by atoms with van der Waals surface area (Å²) >= 11 is 5.68. The molecule has 1 fully saturated rings. The van der Waals surface area contributed by atoms with E-state index >= 15 is 0 Å². The number of amides is 1. The molecule has 1 amide bonds. The van der Waals surface area contributed by atoms with Gasteiger partial charge in [-0.1, -0.05) is 30.5 Å². The standard InChI is InChI=1S/C14H18ClFN2O/c15-12-7-10(5-6-13(12)16)8-18-14(19)9-17-11-3-1-2-4-11/h5-7,11,17H,1-4,8-9H2,(H,18,19). The van der Waals surface area contributed by atoms with Crippen LogP contribution in [0.5, 0.6) is 0 Å². The van der Waals surface area contributed by atoms with Gasteiger partial charge in [0.2, 0.25) is 5.91 Å². The Bertz CT molecular complexity index is 447. The highest BCUT2D eigenvalue weighted by Gasteiger charge is 2.15. The van der Waals surface area contributed by atoms with E-state index in [4.69, 9.17) is 11.6 Å². The molecule has 0 heterocycles. The Morgan fingerprint density at radius 2 is 2.11 bits per heavy atom. The molecule has 1 aromatic carbocycles. The van der Waals surface area contributed by atoms with Crippen LogP contribution in [-0.2, 0) is 11.3 Å². The van der Waals surface area contributed by atoms with Crippen molar-refractivity contribution in [1.29, 1.82) is 0 Å². The fraction of sp³-hybridized carbons (Fsp3) is 0.500. The third-order valence-electron chi connectivity index (χ3n) is 3.38. The van der Waals surface area contributed by atoms with Crippen molar-refractivity contribution < 1.29 is 9.18 Å². The van der Waals surface area contributed by atoms with Crippen molar-refractivity contribution in [1.82, 2.24) is 10.6 Å². The molecule has 2 rings (SSSR count). The SMILES string of the molecule is O=C(CNC1CCCC1)NCc1ccc(F)c(Cl)c1. The van der Waals surface area contributed by atoms with Gasteiger partial charge in [-0.2, -0.15) is 0 Å². The first kappa shape index (κ1) is 14.3. The molecule has 1 aromatic rings.